The summed E-state index contributed by atoms with van der Waals surface area (Å²) in [5, 5.41) is 5.85. The second-order valence-electron chi connectivity index (χ2n) is 1.82. The molecular formula is C3H6N2O3S. The zero-order valence-electron chi connectivity index (χ0n) is 4.49. The molecule has 0 amide bonds. The van der Waals surface area contributed by atoms with E-state index in [1.54, 1.807) is 0 Å². The Hall–Kier alpha value is -0.460. The number of nitrogens with two attached hydrogens (primary N) is 1. The summed E-state index contributed by atoms with van der Waals surface area (Å²) < 4.78 is 20.6. The van der Waals surface area contributed by atoms with Crippen LogP contribution < -0.4 is 10.5 Å². The van der Waals surface area contributed by atoms with Gasteiger partial charge in [0.1, 0.15) is 0 Å². The molecule has 0 aliphatic carbocycles. The zero-order valence-corrected chi connectivity index (χ0v) is 5.31. The Morgan fingerprint density at radius 3 is 2.22 bits per heavy atom. The van der Waals surface area contributed by atoms with E-state index in [1.807, 2.05) is 0 Å². The van der Waals surface area contributed by atoms with Gasteiger partial charge in [0.15, 0.2) is 11.2 Å². The van der Waals surface area contributed by atoms with Gasteiger partial charge in [-0.3, -0.25) is 10.1 Å². The fourth-order valence-corrected chi connectivity index (χ4v) is 1.33. The maximum absolute atomic E-state index is 10.4. The molecule has 1 aliphatic rings. The Balaban J connectivity index is 2.77. The number of rotatable bonds is 1. The molecule has 0 saturated carbocycles. The Morgan fingerprint density at radius 2 is 2.22 bits per heavy atom. The van der Waals surface area contributed by atoms with E-state index in [1.165, 1.54) is 0 Å². The van der Waals surface area contributed by atoms with Crippen LogP contribution in [0.3, 0.4) is 0 Å². The Labute approximate surface area is 52.3 Å². The number of nitrogens with one attached hydrogen (secondary N) is 1. The third kappa shape index (κ3) is 1.09. The van der Waals surface area contributed by atoms with Crippen molar-refractivity contribution in [3.63, 3.8) is 0 Å². The molecule has 52 valence electrons. The van der Waals surface area contributed by atoms with Gasteiger partial charge in [0.05, 0.1) is 6.54 Å². The molecule has 3 N–H and O–H groups in total. The highest BCUT2D eigenvalue weighted by molar-refractivity contribution is 7.90. The van der Waals surface area contributed by atoms with Crippen molar-refractivity contribution in [3.05, 3.63) is 0 Å². The first-order chi connectivity index (χ1) is 4.02. The lowest BCUT2D eigenvalue weighted by Crippen LogP contribution is -2.59. The summed E-state index contributed by atoms with van der Waals surface area (Å²) in [7, 11) is -3.68. The molecule has 0 aromatic rings. The summed E-state index contributed by atoms with van der Waals surface area (Å²) in [6, 6.07) is 0. The van der Waals surface area contributed by atoms with Crippen molar-refractivity contribution >= 4 is 15.8 Å². The molecule has 6 heteroatoms. The van der Waals surface area contributed by atoms with Gasteiger partial charge >= 0.3 is 0 Å². The number of ketones is 1. The lowest BCUT2D eigenvalue weighted by molar-refractivity contribution is -0.122. The van der Waals surface area contributed by atoms with Gasteiger partial charge in [0.25, 0.3) is 0 Å². The minimum absolute atomic E-state index is 0.112. The highest BCUT2D eigenvalue weighted by Crippen LogP contribution is 2.01. The molecule has 1 atom stereocenters. The van der Waals surface area contributed by atoms with Crippen LogP contribution in [0.1, 0.15) is 0 Å². The largest absolute Gasteiger partial charge is 0.295 e. The van der Waals surface area contributed by atoms with E-state index in [9.17, 15) is 13.2 Å². The maximum Gasteiger partial charge on any atom is 0.232 e. The van der Waals surface area contributed by atoms with E-state index in [0.29, 0.717) is 0 Å². The van der Waals surface area contributed by atoms with E-state index in [-0.39, 0.29) is 12.3 Å². The van der Waals surface area contributed by atoms with Gasteiger partial charge in [0.2, 0.25) is 10.0 Å². The standard InChI is InChI=1S/C3H6N2O3S/c4-9(7,8)3-2(6)1-5-3/h3,5H,1H2,(H2,4,7,8). The molecule has 1 rings (SSSR count). The molecule has 1 fully saturated rings. The van der Waals surface area contributed by atoms with Crippen LogP contribution in [0.15, 0.2) is 0 Å². The molecule has 0 bridgehead atoms. The minimum Gasteiger partial charge on any atom is -0.295 e. The van der Waals surface area contributed by atoms with Crippen LogP contribution in [0.4, 0.5) is 0 Å². The van der Waals surface area contributed by atoms with Crippen molar-refractivity contribution in [1.82, 2.24) is 5.32 Å². The number of hydrogen-bond donors (Lipinski definition) is 2. The van der Waals surface area contributed by atoms with Gasteiger partial charge in [-0.25, -0.2) is 13.6 Å². The SMILES string of the molecule is NS(=O)(=O)C1NCC1=O. The van der Waals surface area contributed by atoms with E-state index in [2.05, 4.69) is 10.5 Å². The molecule has 0 radical (unpaired) electrons. The highest BCUT2D eigenvalue weighted by atomic mass is 32.2. The highest BCUT2D eigenvalue weighted by Gasteiger charge is 2.36. The molecule has 1 saturated heterocycles. The quantitative estimate of drug-likeness (QED) is 0.443. The maximum atomic E-state index is 10.4. The van der Waals surface area contributed by atoms with Crippen molar-refractivity contribution in [2.45, 2.75) is 5.37 Å². The van der Waals surface area contributed by atoms with Gasteiger partial charge in [0, 0.05) is 0 Å². The lowest BCUT2D eigenvalue weighted by Gasteiger charge is -2.22. The first-order valence-electron chi connectivity index (χ1n) is 2.29. The predicted octanol–water partition coefficient (Wildman–Crippen LogP) is -2.23. The second-order valence-corrected chi connectivity index (χ2v) is 3.47. The van der Waals surface area contributed by atoms with Gasteiger partial charge in [-0.15, -0.1) is 0 Å². The van der Waals surface area contributed by atoms with Crippen LogP contribution in [0.2, 0.25) is 0 Å². The summed E-state index contributed by atoms with van der Waals surface area (Å²) in [6.45, 7) is 0.112. The first kappa shape index (κ1) is 6.66. The minimum atomic E-state index is -3.68. The van der Waals surface area contributed by atoms with E-state index < -0.39 is 15.4 Å². The molecule has 0 aromatic heterocycles. The number of hydrogen-bond acceptors (Lipinski definition) is 4. The van der Waals surface area contributed by atoms with E-state index >= 15 is 0 Å². The molecule has 1 heterocycles. The first-order valence-corrected chi connectivity index (χ1v) is 3.90. The van der Waals surface area contributed by atoms with Gasteiger partial charge in [-0.1, -0.05) is 0 Å². The van der Waals surface area contributed by atoms with E-state index in [4.69, 9.17) is 0 Å². The summed E-state index contributed by atoms with van der Waals surface area (Å²) in [4.78, 5) is 10.4. The topological polar surface area (TPSA) is 89.3 Å². The Kier molecular flexibility index (Phi) is 1.30. The van der Waals surface area contributed by atoms with Crippen LogP contribution in [-0.4, -0.2) is 26.1 Å². The van der Waals surface area contributed by atoms with Crippen molar-refractivity contribution in [3.8, 4) is 0 Å². The number of carbonyl (C=O) groups is 1. The third-order valence-electron chi connectivity index (χ3n) is 1.08. The van der Waals surface area contributed by atoms with E-state index in [0.717, 1.165) is 0 Å². The molecule has 0 spiro atoms. The van der Waals surface area contributed by atoms with Crippen LogP contribution in [0.5, 0.6) is 0 Å². The van der Waals surface area contributed by atoms with Gasteiger partial charge in [-0.2, -0.15) is 0 Å². The van der Waals surface area contributed by atoms with Gasteiger partial charge < -0.3 is 0 Å². The average molecular weight is 150 g/mol. The van der Waals surface area contributed by atoms with Crippen molar-refractivity contribution < 1.29 is 13.2 Å². The van der Waals surface area contributed by atoms with Crippen LogP contribution in [-0.2, 0) is 14.8 Å². The smallest absolute Gasteiger partial charge is 0.232 e. The Morgan fingerprint density at radius 1 is 1.67 bits per heavy atom. The molecule has 1 unspecified atom stereocenters. The average Bonchev–Trinajstić information content (AvgIpc) is 1.57. The molecule has 1 aliphatic heterocycles. The molecule has 5 nitrogen and oxygen atoms in total. The van der Waals surface area contributed by atoms with Crippen LogP contribution in [0.25, 0.3) is 0 Å². The summed E-state index contributed by atoms with van der Waals surface area (Å²) in [5.74, 6) is -0.363. The Bertz CT molecular complexity index is 231. The molecule has 0 aromatic carbocycles. The number of carbonyl (C=O) groups excluding carboxylic acids is 1. The normalized spacial score (nSPS) is 27.7. The monoisotopic (exact) mass is 150 g/mol. The third-order valence-corrected chi connectivity index (χ3v) is 2.17. The number of primary sulfonamides is 1. The van der Waals surface area contributed by atoms with Gasteiger partial charge in [-0.05, 0) is 0 Å². The summed E-state index contributed by atoms with van der Waals surface area (Å²) >= 11 is 0. The van der Waals surface area contributed by atoms with Crippen LogP contribution in [0, 0.1) is 0 Å². The molecular weight excluding hydrogens is 144 g/mol. The van der Waals surface area contributed by atoms with Crippen molar-refractivity contribution in [2.24, 2.45) is 5.14 Å². The van der Waals surface area contributed by atoms with Crippen molar-refractivity contribution in [1.29, 1.82) is 0 Å². The predicted molar refractivity (Wildman–Crippen MR) is 29.9 cm³/mol. The zero-order chi connectivity index (χ0) is 7.07. The fraction of sp³-hybridized carbons (Fsp3) is 0.667. The number of sulfonamides is 1. The van der Waals surface area contributed by atoms with Crippen molar-refractivity contribution in [2.75, 3.05) is 6.54 Å². The summed E-state index contributed by atoms with van der Waals surface area (Å²) in [5.41, 5.74) is 0. The summed E-state index contributed by atoms with van der Waals surface area (Å²) in [6.07, 6.45) is 0. The van der Waals surface area contributed by atoms with Crippen LogP contribution >= 0.6 is 0 Å². The fourth-order valence-electron chi connectivity index (χ4n) is 0.568. The second kappa shape index (κ2) is 1.76. The molecule has 9 heavy (non-hydrogen) atoms. The number of Topliss-reactive ketones (excluding diaryl/α,β-unsaturated/α-hetero) is 1. The lowest BCUT2D eigenvalue weighted by atomic mass is 10.3.